The number of hydrogen-bond acceptors (Lipinski definition) is 8. The Labute approximate surface area is 224 Å². The van der Waals surface area contributed by atoms with Crippen LogP contribution < -0.4 is 0 Å². The molecule has 2 saturated carbocycles. The maximum atomic E-state index is 12.2. The molecule has 0 saturated heterocycles. The molecule has 0 aromatic carbocycles. The molecule has 2 aliphatic rings. The zero-order valence-electron chi connectivity index (χ0n) is 22.6. The van der Waals surface area contributed by atoms with Crippen molar-refractivity contribution in [3.63, 3.8) is 0 Å². The van der Waals surface area contributed by atoms with E-state index in [0.717, 1.165) is 25.7 Å². The third kappa shape index (κ3) is 11.7. The van der Waals surface area contributed by atoms with Crippen LogP contribution in [-0.4, -0.2) is 82.5 Å². The fourth-order valence-corrected chi connectivity index (χ4v) is 6.78. The van der Waals surface area contributed by atoms with E-state index in [-0.39, 0.29) is 62.3 Å². The Bertz CT molecular complexity index is 776. The monoisotopic (exact) mass is 586 g/mol. The first-order chi connectivity index (χ1) is 17.6. The Kier molecular flexibility index (Phi) is 12.9. The van der Waals surface area contributed by atoms with Gasteiger partial charge in [-0.05, 0) is 61.2 Å². The Morgan fingerprint density at radius 2 is 0.921 bits per heavy atom. The molecule has 4 unspecified atom stereocenters. The highest BCUT2D eigenvalue weighted by Gasteiger charge is 2.43. The smallest absolute Gasteiger partial charge is 0.332 e. The van der Waals surface area contributed by atoms with E-state index in [0.29, 0.717) is 11.8 Å². The molecule has 222 valence electrons. The molecular weight excluding hydrogens is 542 g/mol. The summed E-state index contributed by atoms with van der Waals surface area (Å²) in [6, 6.07) is 0. The van der Waals surface area contributed by atoms with E-state index in [1.807, 2.05) is 0 Å². The summed E-state index contributed by atoms with van der Waals surface area (Å²) in [5.41, 5.74) is 0. The number of carbonyl (C=O) groups is 2. The average molecular weight is 587 g/mol. The van der Waals surface area contributed by atoms with Crippen LogP contribution in [0.4, 0.5) is 0 Å². The van der Waals surface area contributed by atoms with Crippen molar-refractivity contribution < 1.29 is 57.2 Å². The predicted molar refractivity (Wildman–Crippen MR) is 137 cm³/mol. The molecule has 0 bridgehead atoms. The van der Waals surface area contributed by atoms with Gasteiger partial charge in [0.15, 0.2) is 0 Å². The van der Waals surface area contributed by atoms with Gasteiger partial charge in [-0.25, -0.2) is 9.59 Å². The molecule has 2 aliphatic carbocycles. The van der Waals surface area contributed by atoms with E-state index in [1.54, 1.807) is 0 Å². The predicted octanol–water partition coefficient (Wildman–Crippen LogP) is 2.56. The normalized spacial score (nSPS) is 32.5. The summed E-state index contributed by atoms with van der Waals surface area (Å²) in [6.45, 7) is 7.18. The van der Waals surface area contributed by atoms with Gasteiger partial charge in [-0.3, -0.25) is 9.13 Å². The molecule has 0 aliphatic heterocycles. The lowest BCUT2D eigenvalue weighted by atomic mass is 9.63. The largest absolute Gasteiger partial charge is 0.460 e. The van der Waals surface area contributed by atoms with E-state index in [2.05, 4.69) is 27.7 Å². The highest BCUT2D eigenvalue weighted by atomic mass is 31.2. The minimum absolute atomic E-state index is 0.147. The van der Waals surface area contributed by atoms with Crippen LogP contribution in [0.3, 0.4) is 0 Å². The number of esters is 2. The molecule has 4 atom stereocenters. The minimum Gasteiger partial charge on any atom is -0.460 e. The Balaban J connectivity index is 1.79. The van der Waals surface area contributed by atoms with Crippen molar-refractivity contribution in [2.24, 2.45) is 35.5 Å². The van der Waals surface area contributed by atoms with E-state index in [1.165, 1.54) is 0 Å². The standard InChI is InChI=1S/C24H44O12P2/c1-15-9-19(10-16(2)23(15)35-21(25)13-33-5-7-37(27,28)29)20-11-17(3)24(18(4)12-20)36-22(26)14-34-6-8-38(30,31)32/h15-20,23-24H,5-14H2,1-4H3,(H2,27,28,29)(H2,30,31,32). The summed E-state index contributed by atoms with van der Waals surface area (Å²) in [5.74, 6) is 0.423. The van der Waals surface area contributed by atoms with Crippen LogP contribution in [0, 0.1) is 35.5 Å². The highest BCUT2D eigenvalue weighted by Crippen LogP contribution is 2.46. The van der Waals surface area contributed by atoms with Crippen LogP contribution in [0.5, 0.6) is 0 Å². The van der Waals surface area contributed by atoms with Gasteiger partial charge in [-0.2, -0.15) is 0 Å². The number of hydrogen-bond donors (Lipinski definition) is 4. The van der Waals surface area contributed by atoms with Crippen molar-refractivity contribution in [1.29, 1.82) is 0 Å². The van der Waals surface area contributed by atoms with Gasteiger partial charge in [-0.15, -0.1) is 0 Å². The topological polar surface area (TPSA) is 186 Å². The van der Waals surface area contributed by atoms with E-state index < -0.39 is 39.5 Å². The van der Waals surface area contributed by atoms with Gasteiger partial charge in [0, 0.05) is 0 Å². The number of carbonyl (C=O) groups excluding carboxylic acids is 2. The maximum Gasteiger partial charge on any atom is 0.332 e. The van der Waals surface area contributed by atoms with Gasteiger partial charge in [0.2, 0.25) is 0 Å². The summed E-state index contributed by atoms with van der Waals surface area (Å²) in [4.78, 5) is 59.9. The molecule has 0 amide bonds. The molecular formula is C24H44O12P2. The zero-order chi connectivity index (χ0) is 28.7. The lowest BCUT2D eigenvalue weighted by molar-refractivity contribution is -0.167. The van der Waals surface area contributed by atoms with Crippen molar-refractivity contribution >= 4 is 27.1 Å². The first kappa shape index (κ1) is 33.4. The third-order valence-electron chi connectivity index (χ3n) is 7.64. The first-order valence-electron chi connectivity index (χ1n) is 13.2. The SMILES string of the molecule is CC1CC(C2CC(C)C(OC(=O)COCCP(=O)(O)O)C(C)C2)CC(C)C1OC(=O)COCCP(=O)(O)O. The first-order valence-corrected chi connectivity index (χ1v) is 16.8. The molecule has 38 heavy (non-hydrogen) atoms. The summed E-state index contributed by atoms with van der Waals surface area (Å²) in [6.07, 6.45) is 2.25. The second-order valence-electron chi connectivity index (χ2n) is 11.2. The van der Waals surface area contributed by atoms with E-state index in [4.69, 9.17) is 38.5 Å². The lowest BCUT2D eigenvalue weighted by Crippen LogP contribution is -2.44. The summed E-state index contributed by atoms with van der Waals surface area (Å²) in [7, 11) is -8.33. The molecule has 0 aromatic rings. The van der Waals surface area contributed by atoms with Crippen molar-refractivity contribution in [2.75, 3.05) is 38.8 Å². The van der Waals surface area contributed by atoms with Crippen molar-refractivity contribution in [3.05, 3.63) is 0 Å². The van der Waals surface area contributed by atoms with Crippen molar-refractivity contribution in [3.8, 4) is 0 Å². The van der Waals surface area contributed by atoms with Gasteiger partial charge in [0.05, 0.1) is 25.5 Å². The molecule has 12 nitrogen and oxygen atoms in total. The van der Waals surface area contributed by atoms with Crippen LogP contribution in [0.2, 0.25) is 0 Å². The lowest BCUT2D eigenvalue weighted by Gasteiger charge is -2.46. The molecule has 4 N–H and O–H groups in total. The van der Waals surface area contributed by atoms with Crippen molar-refractivity contribution in [1.82, 2.24) is 0 Å². The van der Waals surface area contributed by atoms with E-state index in [9.17, 15) is 18.7 Å². The minimum atomic E-state index is -4.16. The molecule has 2 fully saturated rings. The van der Waals surface area contributed by atoms with Gasteiger partial charge >= 0.3 is 27.1 Å². The van der Waals surface area contributed by atoms with E-state index >= 15 is 0 Å². The molecule has 0 radical (unpaired) electrons. The molecule has 0 heterocycles. The van der Waals surface area contributed by atoms with Gasteiger partial charge in [-0.1, -0.05) is 27.7 Å². The average Bonchev–Trinajstić information content (AvgIpc) is 2.77. The van der Waals surface area contributed by atoms with Crippen LogP contribution in [0.15, 0.2) is 0 Å². The number of rotatable bonds is 13. The number of ether oxygens (including phenoxy) is 4. The second-order valence-corrected chi connectivity index (χ2v) is 14.7. The summed E-state index contributed by atoms with van der Waals surface area (Å²) >= 11 is 0. The van der Waals surface area contributed by atoms with Gasteiger partial charge < -0.3 is 38.5 Å². The summed E-state index contributed by atoms with van der Waals surface area (Å²) in [5, 5.41) is 0. The Hall–Kier alpha value is -0.840. The Morgan fingerprint density at radius 1 is 0.632 bits per heavy atom. The van der Waals surface area contributed by atoms with Gasteiger partial charge in [0.25, 0.3) is 0 Å². The molecule has 0 aromatic heterocycles. The molecule has 0 spiro atoms. The van der Waals surface area contributed by atoms with Crippen LogP contribution in [-0.2, 0) is 37.7 Å². The molecule has 2 rings (SSSR count). The van der Waals surface area contributed by atoms with Gasteiger partial charge in [0.1, 0.15) is 25.4 Å². The molecule has 14 heteroatoms. The van der Waals surface area contributed by atoms with Crippen molar-refractivity contribution in [2.45, 2.75) is 65.6 Å². The third-order valence-corrected chi connectivity index (χ3v) is 9.17. The highest BCUT2D eigenvalue weighted by molar-refractivity contribution is 7.52. The summed E-state index contributed by atoms with van der Waals surface area (Å²) < 4.78 is 43.2. The van der Waals surface area contributed by atoms with Crippen LogP contribution in [0.25, 0.3) is 0 Å². The fourth-order valence-electron chi connectivity index (χ4n) is 6.04. The van der Waals surface area contributed by atoms with Crippen LogP contribution in [0.1, 0.15) is 53.4 Å². The Morgan fingerprint density at radius 3 is 1.18 bits per heavy atom. The maximum absolute atomic E-state index is 12.2. The quantitative estimate of drug-likeness (QED) is 0.141. The zero-order valence-corrected chi connectivity index (χ0v) is 24.4. The fraction of sp³-hybridized carbons (Fsp3) is 0.917. The van der Waals surface area contributed by atoms with Crippen LogP contribution >= 0.6 is 15.2 Å². The second kappa shape index (κ2) is 14.7.